The highest BCUT2D eigenvalue weighted by Crippen LogP contribution is 2.35. The lowest BCUT2D eigenvalue weighted by molar-refractivity contribution is -0.118. The second-order valence-electron chi connectivity index (χ2n) is 5.95. The fourth-order valence-corrected chi connectivity index (χ4v) is 2.92. The standard InChI is InChI=1S/C18H19N3O3/c1-3-11(2)16-17(23)20-13-6-4-5-7-14(13)21(16)18(24)12-8-9-15(22)19-10-12/h4-11,16H,3H2,1-2H3,(H,19,22)(H,20,23)/t11-,16-/m0/s1. The summed E-state index contributed by atoms with van der Waals surface area (Å²) in [4.78, 5) is 41.0. The summed E-state index contributed by atoms with van der Waals surface area (Å²) in [5.41, 5.74) is 1.34. The van der Waals surface area contributed by atoms with Crippen LogP contribution < -0.4 is 15.8 Å². The smallest absolute Gasteiger partial charge is 0.260 e. The van der Waals surface area contributed by atoms with Crippen molar-refractivity contribution in [3.05, 3.63) is 58.5 Å². The van der Waals surface area contributed by atoms with E-state index in [4.69, 9.17) is 0 Å². The van der Waals surface area contributed by atoms with Gasteiger partial charge in [0.2, 0.25) is 11.5 Å². The maximum absolute atomic E-state index is 13.1. The van der Waals surface area contributed by atoms with E-state index in [-0.39, 0.29) is 23.3 Å². The minimum atomic E-state index is -0.593. The Balaban J connectivity index is 2.11. The number of aromatic nitrogens is 1. The Morgan fingerprint density at radius 1 is 1.21 bits per heavy atom. The number of amides is 2. The molecule has 6 heteroatoms. The molecular formula is C18H19N3O3. The van der Waals surface area contributed by atoms with Gasteiger partial charge in [-0.15, -0.1) is 0 Å². The largest absolute Gasteiger partial charge is 0.328 e. The van der Waals surface area contributed by atoms with Crippen LogP contribution in [0.5, 0.6) is 0 Å². The van der Waals surface area contributed by atoms with Gasteiger partial charge in [-0.2, -0.15) is 0 Å². The highest BCUT2D eigenvalue weighted by atomic mass is 16.2. The Bertz CT molecular complexity index is 823. The first-order chi connectivity index (χ1) is 11.5. The zero-order valence-electron chi connectivity index (χ0n) is 13.6. The summed E-state index contributed by atoms with van der Waals surface area (Å²) in [6.07, 6.45) is 2.14. The molecule has 0 bridgehead atoms. The number of nitrogens with zero attached hydrogens (tertiary/aromatic N) is 1. The average molecular weight is 325 g/mol. The minimum Gasteiger partial charge on any atom is -0.328 e. The molecule has 1 aliphatic heterocycles. The van der Waals surface area contributed by atoms with Gasteiger partial charge < -0.3 is 10.3 Å². The third-order valence-corrected chi connectivity index (χ3v) is 4.40. The van der Waals surface area contributed by atoms with Crippen molar-refractivity contribution in [2.75, 3.05) is 10.2 Å². The Labute approximate surface area is 139 Å². The number of rotatable bonds is 3. The highest BCUT2D eigenvalue weighted by molar-refractivity contribution is 6.16. The SMILES string of the molecule is CC[C@H](C)[C@H]1C(=O)Nc2ccccc2N1C(=O)c1ccc(=O)[nH]c1. The summed E-state index contributed by atoms with van der Waals surface area (Å²) in [6.45, 7) is 3.94. The van der Waals surface area contributed by atoms with Crippen LogP contribution in [0.1, 0.15) is 30.6 Å². The number of hydrogen-bond donors (Lipinski definition) is 2. The number of carbonyl (C=O) groups excluding carboxylic acids is 2. The van der Waals surface area contributed by atoms with Gasteiger partial charge in [0.15, 0.2) is 0 Å². The molecular weight excluding hydrogens is 306 g/mol. The van der Waals surface area contributed by atoms with Crippen LogP contribution in [-0.2, 0) is 4.79 Å². The summed E-state index contributed by atoms with van der Waals surface area (Å²) in [5, 5.41) is 2.88. The number of H-pyrrole nitrogens is 1. The summed E-state index contributed by atoms with van der Waals surface area (Å²) < 4.78 is 0. The molecule has 0 unspecified atom stereocenters. The van der Waals surface area contributed by atoms with Gasteiger partial charge in [-0.1, -0.05) is 32.4 Å². The number of aromatic amines is 1. The third-order valence-electron chi connectivity index (χ3n) is 4.40. The first kappa shape index (κ1) is 16.0. The zero-order chi connectivity index (χ0) is 17.3. The molecule has 0 radical (unpaired) electrons. The Morgan fingerprint density at radius 2 is 1.96 bits per heavy atom. The lowest BCUT2D eigenvalue weighted by atomic mass is 9.93. The number of anilines is 2. The molecule has 0 saturated heterocycles. The molecule has 0 saturated carbocycles. The van der Waals surface area contributed by atoms with Crippen molar-refractivity contribution in [1.29, 1.82) is 0 Å². The minimum absolute atomic E-state index is 0.00920. The molecule has 1 aromatic carbocycles. The maximum Gasteiger partial charge on any atom is 0.260 e. The molecule has 2 heterocycles. The third kappa shape index (κ3) is 2.71. The van der Waals surface area contributed by atoms with E-state index in [1.807, 2.05) is 32.0 Å². The molecule has 2 N–H and O–H groups in total. The van der Waals surface area contributed by atoms with E-state index in [0.717, 1.165) is 6.42 Å². The molecule has 6 nitrogen and oxygen atoms in total. The summed E-state index contributed by atoms with van der Waals surface area (Å²) >= 11 is 0. The summed E-state index contributed by atoms with van der Waals surface area (Å²) in [6, 6.07) is 9.42. The maximum atomic E-state index is 13.1. The molecule has 1 aromatic heterocycles. The zero-order valence-corrected chi connectivity index (χ0v) is 13.6. The van der Waals surface area contributed by atoms with Gasteiger partial charge in [-0.3, -0.25) is 19.3 Å². The molecule has 1 aliphatic rings. The van der Waals surface area contributed by atoms with E-state index in [0.29, 0.717) is 16.9 Å². The summed E-state index contributed by atoms with van der Waals surface area (Å²) in [7, 11) is 0. The summed E-state index contributed by atoms with van der Waals surface area (Å²) in [5.74, 6) is -0.509. The van der Waals surface area contributed by atoms with Crippen LogP contribution in [0.25, 0.3) is 0 Å². The molecule has 0 fully saturated rings. The van der Waals surface area contributed by atoms with Crippen molar-refractivity contribution >= 4 is 23.2 Å². The molecule has 0 aliphatic carbocycles. The van der Waals surface area contributed by atoms with E-state index >= 15 is 0 Å². The predicted molar refractivity (Wildman–Crippen MR) is 92.2 cm³/mol. The Morgan fingerprint density at radius 3 is 2.62 bits per heavy atom. The first-order valence-corrected chi connectivity index (χ1v) is 7.95. The van der Waals surface area contributed by atoms with Crippen molar-refractivity contribution in [3.63, 3.8) is 0 Å². The van der Waals surface area contributed by atoms with E-state index in [1.165, 1.54) is 23.2 Å². The molecule has 2 aromatic rings. The Hall–Kier alpha value is -2.89. The van der Waals surface area contributed by atoms with Gasteiger partial charge >= 0.3 is 0 Å². The fourth-order valence-electron chi connectivity index (χ4n) is 2.92. The normalized spacial score (nSPS) is 17.8. The van der Waals surface area contributed by atoms with Crippen molar-refractivity contribution in [1.82, 2.24) is 4.98 Å². The first-order valence-electron chi connectivity index (χ1n) is 7.95. The van der Waals surface area contributed by atoms with Gasteiger partial charge in [0.1, 0.15) is 6.04 Å². The van der Waals surface area contributed by atoms with E-state index in [9.17, 15) is 14.4 Å². The predicted octanol–water partition coefficient (Wildman–Crippen LogP) is 2.39. The van der Waals surface area contributed by atoms with Crippen molar-refractivity contribution in [2.45, 2.75) is 26.3 Å². The number of fused-ring (bicyclic) bond motifs is 1. The number of carbonyl (C=O) groups is 2. The van der Waals surface area contributed by atoms with Gasteiger partial charge in [0, 0.05) is 12.3 Å². The van der Waals surface area contributed by atoms with Crippen molar-refractivity contribution < 1.29 is 9.59 Å². The lowest BCUT2D eigenvalue weighted by Gasteiger charge is -2.39. The van der Waals surface area contributed by atoms with Crippen LogP contribution in [0.2, 0.25) is 0 Å². The van der Waals surface area contributed by atoms with E-state index in [2.05, 4.69) is 10.3 Å². The number of pyridine rings is 1. The van der Waals surface area contributed by atoms with Crippen LogP contribution in [0, 0.1) is 5.92 Å². The fraction of sp³-hybridized carbons (Fsp3) is 0.278. The van der Waals surface area contributed by atoms with Crippen molar-refractivity contribution in [3.8, 4) is 0 Å². The molecule has 3 rings (SSSR count). The quantitative estimate of drug-likeness (QED) is 0.909. The second-order valence-corrected chi connectivity index (χ2v) is 5.95. The molecule has 124 valence electrons. The van der Waals surface area contributed by atoms with E-state index < -0.39 is 6.04 Å². The van der Waals surface area contributed by atoms with Crippen LogP contribution in [0.4, 0.5) is 11.4 Å². The van der Waals surface area contributed by atoms with Crippen molar-refractivity contribution in [2.24, 2.45) is 5.92 Å². The number of hydrogen-bond acceptors (Lipinski definition) is 3. The molecule has 2 atom stereocenters. The van der Waals surface area contributed by atoms with E-state index in [1.54, 1.807) is 6.07 Å². The van der Waals surface area contributed by atoms with Crippen LogP contribution >= 0.6 is 0 Å². The van der Waals surface area contributed by atoms with Gasteiger partial charge in [-0.05, 0) is 24.1 Å². The average Bonchev–Trinajstić information content (AvgIpc) is 2.60. The van der Waals surface area contributed by atoms with Crippen LogP contribution in [0.3, 0.4) is 0 Å². The molecule has 2 amide bonds. The second kappa shape index (κ2) is 6.31. The number of nitrogens with one attached hydrogen (secondary N) is 2. The van der Waals surface area contributed by atoms with Crippen LogP contribution in [0.15, 0.2) is 47.4 Å². The van der Waals surface area contributed by atoms with Crippen LogP contribution in [-0.4, -0.2) is 22.8 Å². The number of benzene rings is 1. The monoisotopic (exact) mass is 325 g/mol. The number of para-hydroxylation sites is 2. The van der Waals surface area contributed by atoms with Gasteiger partial charge in [0.25, 0.3) is 5.91 Å². The Kier molecular flexibility index (Phi) is 4.20. The van der Waals surface area contributed by atoms with Gasteiger partial charge in [-0.25, -0.2) is 0 Å². The highest BCUT2D eigenvalue weighted by Gasteiger charge is 2.39. The van der Waals surface area contributed by atoms with Gasteiger partial charge in [0.05, 0.1) is 16.9 Å². The topological polar surface area (TPSA) is 82.3 Å². The molecule has 0 spiro atoms. The lowest BCUT2D eigenvalue weighted by Crippen LogP contribution is -2.54. The molecule has 24 heavy (non-hydrogen) atoms.